The molecule has 0 amide bonds. The van der Waals surface area contributed by atoms with Gasteiger partial charge in [-0.15, -0.1) is 0 Å². The first-order valence-electron chi connectivity index (χ1n) is 6.96. The van der Waals surface area contributed by atoms with Gasteiger partial charge in [0.15, 0.2) is 0 Å². The summed E-state index contributed by atoms with van der Waals surface area (Å²) in [6, 6.07) is 3.75. The lowest BCUT2D eigenvalue weighted by molar-refractivity contribution is -0.146. The second kappa shape index (κ2) is 6.47. The number of hydrogen-bond acceptors (Lipinski definition) is 6. The van der Waals surface area contributed by atoms with E-state index in [-0.39, 0.29) is 17.8 Å². The third kappa shape index (κ3) is 3.45. The molecule has 0 N–H and O–H groups in total. The third-order valence-electron chi connectivity index (χ3n) is 3.06. The van der Waals surface area contributed by atoms with E-state index >= 15 is 0 Å². The summed E-state index contributed by atoms with van der Waals surface area (Å²) in [4.78, 5) is 20.5. The van der Waals surface area contributed by atoms with Crippen molar-refractivity contribution in [2.75, 3.05) is 6.61 Å². The summed E-state index contributed by atoms with van der Waals surface area (Å²) in [5.41, 5.74) is 1.67. The molecule has 1 atom stereocenters. The zero-order valence-corrected chi connectivity index (χ0v) is 12.7. The molecular formula is C15H19N3O3. The minimum absolute atomic E-state index is 0.00261. The molecule has 2 heterocycles. The van der Waals surface area contributed by atoms with Gasteiger partial charge in [0, 0.05) is 6.20 Å². The van der Waals surface area contributed by atoms with Crippen LogP contribution < -0.4 is 0 Å². The Balaban J connectivity index is 2.30. The average Bonchev–Trinajstić information content (AvgIpc) is 2.88. The number of aromatic nitrogens is 3. The lowest BCUT2D eigenvalue weighted by atomic mass is 9.96. The topological polar surface area (TPSA) is 78.1 Å². The van der Waals surface area contributed by atoms with Crippen LogP contribution in [-0.4, -0.2) is 27.7 Å². The van der Waals surface area contributed by atoms with Crippen LogP contribution in [0.5, 0.6) is 0 Å². The van der Waals surface area contributed by atoms with Crippen molar-refractivity contribution in [2.24, 2.45) is 5.92 Å². The molecule has 0 saturated heterocycles. The van der Waals surface area contributed by atoms with Crippen molar-refractivity contribution < 1.29 is 14.1 Å². The Labute approximate surface area is 123 Å². The van der Waals surface area contributed by atoms with Crippen molar-refractivity contribution in [3.05, 3.63) is 29.8 Å². The number of pyridine rings is 1. The van der Waals surface area contributed by atoms with Crippen molar-refractivity contribution in [3.8, 4) is 11.5 Å². The minimum atomic E-state index is -0.559. The Morgan fingerprint density at radius 1 is 1.43 bits per heavy atom. The Morgan fingerprint density at radius 2 is 2.19 bits per heavy atom. The zero-order chi connectivity index (χ0) is 15.4. The molecule has 2 aromatic rings. The smallest absolute Gasteiger partial charge is 0.318 e. The summed E-state index contributed by atoms with van der Waals surface area (Å²) in [5.74, 6) is -0.260. The van der Waals surface area contributed by atoms with Gasteiger partial charge < -0.3 is 9.26 Å². The molecule has 6 nitrogen and oxygen atoms in total. The van der Waals surface area contributed by atoms with Gasteiger partial charge in [0.1, 0.15) is 11.6 Å². The number of carbonyl (C=O) groups is 1. The minimum Gasteiger partial charge on any atom is -0.465 e. The standard InChI is InChI=1S/C15H19N3O3/c1-5-20-15(19)12(9(2)3)14-17-13(18-21-14)11-8-10(4)6-7-16-11/h6-9,12H,5H2,1-4H3. The molecule has 0 aromatic carbocycles. The molecule has 0 spiro atoms. The first kappa shape index (κ1) is 15.2. The summed E-state index contributed by atoms with van der Waals surface area (Å²) in [6.45, 7) is 7.88. The normalized spacial score (nSPS) is 12.4. The van der Waals surface area contributed by atoms with E-state index in [9.17, 15) is 4.79 Å². The van der Waals surface area contributed by atoms with Crippen LogP contribution in [0.15, 0.2) is 22.9 Å². The summed E-state index contributed by atoms with van der Waals surface area (Å²) < 4.78 is 10.3. The lowest BCUT2D eigenvalue weighted by Crippen LogP contribution is -2.21. The summed E-state index contributed by atoms with van der Waals surface area (Å²) in [6.07, 6.45) is 1.69. The van der Waals surface area contributed by atoms with Crippen molar-refractivity contribution in [3.63, 3.8) is 0 Å². The van der Waals surface area contributed by atoms with E-state index in [4.69, 9.17) is 9.26 Å². The quantitative estimate of drug-likeness (QED) is 0.787. The van der Waals surface area contributed by atoms with Crippen LogP contribution in [0.1, 0.15) is 38.1 Å². The third-order valence-corrected chi connectivity index (χ3v) is 3.06. The van der Waals surface area contributed by atoms with E-state index in [0.717, 1.165) is 5.56 Å². The first-order chi connectivity index (χ1) is 10.0. The van der Waals surface area contributed by atoms with Gasteiger partial charge in [-0.1, -0.05) is 19.0 Å². The highest BCUT2D eigenvalue weighted by molar-refractivity contribution is 5.77. The highest BCUT2D eigenvalue weighted by atomic mass is 16.5. The van der Waals surface area contributed by atoms with Crippen LogP contribution in [0.3, 0.4) is 0 Å². The molecule has 21 heavy (non-hydrogen) atoms. The number of aryl methyl sites for hydroxylation is 1. The molecule has 2 aromatic heterocycles. The van der Waals surface area contributed by atoms with E-state index in [1.165, 1.54) is 0 Å². The largest absolute Gasteiger partial charge is 0.465 e. The summed E-state index contributed by atoms with van der Waals surface area (Å²) in [7, 11) is 0. The molecule has 0 saturated carbocycles. The van der Waals surface area contributed by atoms with Gasteiger partial charge in [-0.3, -0.25) is 9.78 Å². The van der Waals surface area contributed by atoms with E-state index in [1.807, 2.05) is 32.9 Å². The summed E-state index contributed by atoms with van der Waals surface area (Å²) >= 11 is 0. The summed E-state index contributed by atoms with van der Waals surface area (Å²) in [5, 5.41) is 3.92. The second-order valence-corrected chi connectivity index (χ2v) is 5.15. The number of rotatable bonds is 5. The molecule has 6 heteroatoms. The maximum absolute atomic E-state index is 12.0. The number of esters is 1. The van der Waals surface area contributed by atoms with Crippen LogP contribution in [0.25, 0.3) is 11.5 Å². The SMILES string of the molecule is CCOC(=O)C(c1nc(-c2cc(C)ccn2)no1)C(C)C. The fourth-order valence-corrected chi connectivity index (χ4v) is 2.01. The Hall–Kier alpha value is -2.24. The van der Waals surface area contributed by atoms with E-state index in [0.29, 0.717) is 18.1 Å². The van der Waals surface area contributed by atoms with Crippen molar-refractivity contribution >= 4 is 5.97 Å². The van der Waals surface area contributed by atoms with Crippen molar-refractivity contribution in [2.45, 2.75) is 33.6 Å². The molecule has 2 rings (SSSR count). The molecule has 0 radical (unpaired) electrons. The van der Waals surface area contributed by atoms with Crippen LogP contribution >= 0.6 is 0 Å². The van der Waals surface area contributed by atoms with E-state index in [2.05, 4.69) is 15.1 Å². The molecule has 0 bridgehead atoms. The number of carbonyl (C=O) groups excluding carboxylic acids is 1. The number of ether oxygens (including phenoxy) is 1. The van der Waals surface area contributed by atoms with Crippen LogP contribution in [-0.2, 0) is 9.53 Å². The Kier molecular flexibility index (Phi) is 4.67. The van der Waals surface area contributed by atoms with Gasteiger partial charge in [-0.05, 0) is 37.5 Å². The molecule has 1 unspecified atom stereocenters. The number of nitrogens with zero attached hydrogens (tertiary/aromatic N) is 3. The Bertz CT molecular complexity index is 622. The Morgan fingerprint density at radius 3 is 2.81 bits per heavy atom. The highest BCUT2D eigenvalue weighted by Gasteiger charge is 2.31. The van der Waals surface area contributed by atoms with Crippen molar-refractivity contribution in [1.29, 1.82) is 0 Å². The van der Waals surface area contributed by atoms with E-state index < -0.39 is 5.92 Å². The maximum atomic E-state index is 12.0. The molecule has 0 aliphatic heterocycles. The highest BCUT2D eigenvalue weighted by Crippen LogP contribution is 2.26. The zero-order valence-electron chi connectivity index (χ0n) is 12.7. The fraction of sp³-hybridized carbons (Fsp3) is 0.467. The van der Waals surface area contributed by atoms with Crippen molar-refractivity contribution in [1.82, 2.24) is 15.1 Å². The van der Waals surface area contributed by atoms with Gasteiger partial charge in [0.05, 0.1) is 6.61 Å². The first-order valence-corrected chi connectivity index (χ1v) is 6.96. The molecular weight excluding hydrogens is 270 g/mol. The maximum Gasteiger partial charge on any atom is 0.318 e. The predicted octanol–water partition coefficient (Wildman–Crippen LogP) is 2.74. The van der Waals surface area contributed by atoms with Crippen LogP contribution in [0.2, 0.25) is 0 Å². The van der Waals surface area contributed by atoms with Gasteiger partial charge in [0.25, 0.3) is 0 Å². The predicted molar refractivity (Wildman–Crippen MR) is 76.5 cm³/mol. The van der Waals surface area contributed by atoms with Gasteiger partial charge in [-0.2, -0.15) is 4.98 Å². The lowest BCUT2D eigenvalue weighted by Gasteiger charge is -2.14. The molecule has 112 valence electrons. The van der Waals surface area contributed by atoms with Gasteiger partial charge in [-0.25, -0.2) is 0 Å². The molecule has 0 fully saturated rings. The van der Waals surface area contributed by atoms with Gasteiger partial charge in [0.2, 0.25) is 11.7 Å². The molecule has 0 aliphatic carbocycles. The van der Waals surface area contributed by atoms with E-state index in [1.54, 1.807) is 13.1 Å². The average molecular weight is 289 g/mol. The molecule has 0 aliphatic rings. The van der Waals surface area contributed by atoms with Gasteiger partial charge >= 0.3 is 5.97 Å². The van der Waals surface area contributed by atoms with Crippen LogP contribution in [0.4, 0.5) is 0 Å². The second-order valence-electron chi connectivity index (χ2n) is 5.15. The fourth-order valence-electron chi connectivity index (χ4n) is 2.01. The van der Waals surface area contributed by atoms with Crippen LogP contribution in [0, 0.1) is 12.8 Å². The monoisotopic (exact) mass is 289 g/mol. The number of hydrogen-bond donors (Lipinski definition) is 0.